The van der Waals surface area contributed by atoms with Gasteiger partial charge in [-0.25, -0.2) is 0 Å². The lowest BCUT2D eigenvalue weighted by atomic mass is 9.95. The second kappa shape index (κ2) is 7.57. The average Bonchev–Trinajstić information content (AvgIpc) is 3.06. The van der Waals surface area contributed by atoms with Gasteiger partial charge in [0.2, 0.25) is 0 Å². The number of nitrogens with one attached hydrogen (secondary N) is 2. The van der Waals surface area contributed by atoms with E-state index < -0.39 is 0 Å². The van der Waals surface area contributed by atoms with E-state index in [1.165, 1.54) is 16.0 Å². The van der Waals surface area contributed by atoms with Gasteiger partial charge in [0, 0.05) is 11.9 Å². The van der Waals surface area contributed by atoms with Crippen molar-refractivity contribution in [2.24, 2.45) is 0 Å². The van der Waals surface area contributed by atoms with Crippen LogP contribution in [-0.4, -0.2) is 12.2 Å². The fraction of sp³-hybridized carbons (Fsp3) is 0.353. The molecule has 2 rings (SSSR count). The molecular formula is C17H22N2S2. The van der Waals surface area contributed by atoms with Gasteiger partial charge in [-0.05, 0) is 47.1 Å². The third kappa shape index (κ3) is 4.05. The minimum Gasteiger partial charge on any atom is -0.366 e. The molecule has 0 amide bonds. The third-order valence-corrected chi connectivity index (χ3v) is 5.04. The van der Waals surface area contributed by atoms with Crippen LogP contribution in [0, 0.1) is 0 Å². The molecule has 4 heteroatoms. The Balaban J connectivity index is 2.26. The number of benzene rings is 1. The van der Waals surface area contributed by atoms with Gasteiger partial charge in [0.25, 0.3) is 0 Å². The number of hydrogen-bond acceptors (Lipinski definition) is 2. The number of hydrogen-bond donors (Lipinski definition) is 2. The molecule has 0 saturated heterocycles. The van der Waals surface area contributed by atoms with Crippen LogP contribution in [-0.2, 0) is 0 Å². The molecule has 1 aromatic heterocycles. The van der Waals surface area contributed by atoms with Crippen molar-refractivity contribution in [3.05, 3.63) is 57.8 Å². The first kappa shape index (κ1) is 16.0. The molecule has 0 aliphatic heterocycles. The van der Waals surface area contributed by atoms with Gasteiger partial charge in [0.15, 0.2) is 5.11 Å². The van der Waals surface area contributed by atoms with Gasteiger partial charge in [-0.15, -0.1) is 11.3 Å². The Labute approximate surface area is 136 Å². The maximum Gasteiger partial charge on any atom is 0.166 e. The largest absolute Gasteiger partial charge is 0.366 e. The van der Waals surface area contributed by atoms with Crippen LogP contribution >= 0.6 is 23.6 Å². The lowest BCUT2D eigenvalue weighted by Crippen LogP contribution is -2.35. The van der Waals surface area contributed by atoms with E-state index in [1.54, 1.807) is 11.3 Å². The summed E-state index contributed by atoms with van der Waals surface area (Å²) >= 11 is 7.02. The van der Waals surface area contributed by atoms with Crippen molar-refractivity contribution >= 4 is 28.7 Å². The summed E-state index contributed by atoms with van der Waals surface area (Å²) in [4.78, 5) is 1.27. The SMILES string of the molecule is CC[C@@H](C)c1ccc([C@@H](NC(=S)NC)c2cccs2)cc1. The van der Waals surface area contributed by atoms with E-state index in [4.69, 9.17) is 12.2 Å². The predicted octanol–water partition coefficient (Wildman–Crippen LogP) is 4.44. The van der Waals surface area contributed by atoms with Crippen LogP contribution in [0.25, 0.3) is 0 Å². The maximum atomic E-state index is 5.27. The first-order chi connectivity index (χ1) is 10.2. The molecule has 1 aromatic carbocycles. The molecule has 0 spiro atoms. The van der Waals surface area contributed by atoms with Crippen molar-refractivity contribution in [2.45, 2.75) is 32.2 Å². The summed E-state index contributed by atoms with van der Waals surface area (Å²) in [5.41, 5.74) is 2.63. The molecule has 0 bridgehead atoms. The minimum absolute atomic E-state index is 0.107. The van der Waals surface area contributed by atoms with Crippen molar-refractivity contribution in [1.29, 1.82) is 0 Å². The van der Waals surface area contributed by atoms with E-state index in [0.29, 0.717) is 11.0 Å². The molecule has 2 aromatic rings. The highest BCUT2D eigenvalue weighted by Gasteiger charge is 2.16. The second-order valence-electron chi connectivity index (χ2n) is 5.15. The van der Waals surface area contributed by atoms with Crippen LogP contribution in [0.15, 0.2) is 41.8 Å². The van der Waals surface area contributed by atoms with Gasteiger partial charge in [-0.2, -0.15) is 0 Å². The van der Waals surface area contributed by atoms with E-state index in [0.717, 1.165) is 6.42 Å². The molecule has 2 N–H and O–H groups in total. The molecule has 21 heavy (non-hydrogen) atoms. The fourth-order valence-electron chi connectivity index (χ4n) is 2.23. The lowest BCUT2D eigenvalue weighted by molar-refractivity contribution is 0.728. The zero-order valence-electron chi connectivity index (χ0n) is 12.7. The zero-order valence-corrected chi connectivity index (χ0v) is 14.4. The molecule has 0 fully saturated rings. The number of thiophene rings is 1. The molecule has 1 heterocycles. The smallest absolute Gasteiger partial charge is 0.166 e. The van der Waals surface area contributed by atoms with Crippen LogP contribution in [0.5, 0.6) is 0 Å². The monoisotopic (exact) mass is 318 g/mol. The molecule has 112 valence electrons. The standard InChI is InChI=1S/C17H22N2S2/c1-4-12(2)13-7-9-14(10-8-13)16(19-17(20)18-3)15-6-5-11-21-15/h5-12,16H,4H2,1-3H3,(H2,18,19,20)/t12-,16-/m1/s1. The van der Waals surface area contributed by atoms with Crippen LogP contribution < -0.4 is 10.6 Å². The van der Waals surface area contributed by atoms with Gasteiger partial charge >= 0.3 is 0 Å². The molecule has 0 unspecified atom stereocenters. The molecule has 2 atom stereocenters. The quantitative estimate of drug-likeness (QED) is 0.797. The number of rotatable bonds is 5. The van der Waals surface area contributed by atoms with Crippen molar-refractivity contribution in [3.63, 3.8) is 0 Å². The Morgan fingerprint density at radius 3 is 2.38 bits per heavy atom. The van der Waals surface area contributed by atoms with Crippen molar-refractivity contribution < 1.29 is 0 Å². The Hall–Kier alpha value is -1.39. The summed E-state index contributed by atoms with van der Waals surface area (Å²) in [6, 6.07) is 13.2. The van der Waals surface area contributed by atoms with E-state index >= 15 is 0 Å². The van der Waals surface area contributed by atoms with Crippen molar-refractivity contribution in [2.75, 3.05) is 7.05 Å². The summed E-state index contributed by atoms with van der Waals surface area (Å²) in [6.45, 7) is 4.49. The van der Waals surface area contributed by atoms with Gasteiger partial charge in [0.05, 0.1) is 6.04 Å². The van der Waals surface area contributed by atoms with Gasteiger partial charge in [-0.3, -0.25) is 0 Å². The highest BCUT2D eigenvalue weighted by atomic mass is 32.1. The van der Waals surface area contributed by atoms with E-state index in [9.17, 15) is 0 Å². The van der Waals surface area contributed by atoms with Crippen LogP contribution in [0.1, 0.15) is 48.2 Å². The first-order valence-electron chi connectivity index (χ1n) is 7.27. The fourth-order valence-corrected chi connectivity index (χ4v) is 3.15. The summed E-state index contributed by atoms with van der Waals surface area (Å²) in [6.07, 6.45) is 1.16. The zero-order chi connectivity index (χ0) is 15.2. The van der Waals surface area contributed by atoms with Gasteiger partial charge in [-0.1, -0.05) is 44.2 Å². The van der Waals surface area contributed by atoms with E-state index in [2.05, 4.69) is 66.3 Å². The maximum absolute atomic E-state index is 5.27. The average molecular weight is 319 g/mol. The van der Waals surface area contributed by atoms with Crippen LogP contribution in [0.2, 0.25) is 0 Å². The normalized spacial score (nSPS) is 13.5. The summed E-state index contributed by atoms with van der Waals surface area (Å²) in [5, 5.41) is 9.13. The third-order valence-electron chi connectivity index (χ3n) is 3.78. The lowest BCUT2D eigenvalue weighted by Gasteiger charge is -2.20. The van der Waals surface area contributed by atoms with E-state index in [1.807, 2.05) is 7.05 Å². The van der Waals surface area contributed by atoms with Gasteiger partial charge in [0.1, 0.15) is 0 Å². The number of thiocarbonyl (C=S) groups is 1. The van der Waals surface area contributed by atoms with Gasteiger partial charge < -0.3 is 10.6 Å². The minimum atomic E-state index is 0.107. The molecule has 2 nitrogen and oxygen atoms in total. The second-order valence-corrected chi connectivity index (χ2v) is 6.54. The molecular weight excluding hydrogens is 296 g/mol. The highest BCUT2D eigenvalue weighted by molar-refractivity contribution is 7.80. The Morgan fingerprint density at radius 1 is 1.19 bits per heavy atom. The molecule has 0 radical (unpaired) electrons. The summed E-state index contributed by atoms with van der Waals surface area (Å²) in [5.74, 6) is 0.602. The Kier molecular flexibility index (Phi) is 5.76. The Morgan fingerprint density at radius 2 is 1.86 bits per heavy atom. The van der Waals surface area contributed by atoms with Crippen LogP contribution in [0.3, 0.4) is 0 Å². The van der Waals surface area contributed by atoms with Crippen molar-refractivity contribution in [1.82, 2.24) is 10.6 Å². The highest BCUT2D eigenvalue weighted by Crippen LogP contribution is 2.28. The predicted molar refractivity (Wildman–Crippen MR) is 96.1 cm³/mol. The molecule has 0 saturated carbocycles. The van der Waals surface area contributed by atoms with Crippen molar-refractivity contribution in [3.8, 4) is 0 Å². The molecule has 0 aliphatic carbocycles. The summed E-state index contributed by atoms with van der Waals surface area (Å²) < 4.78 is 0. The topological polar surface area (TPSA) is 24.1 Å². The first-order valence-corrected chi connectivity index (χ1v) is 8.56. The summed E-state index contributed by atoms with van der Waals surface area (Å²) in [7, 11) is 1.84. The Bertz CT molecular complexity index is 561. The molecule has 0 aliphatic rings. The van der Waals surface area contributed by atoms with Crippen LogP contribution in [0.4, 0.5) is 0 Å². The van der Waals surface area contributed by atoms with E-state index in [-0.39, 0.29) is 6.04 Å².